The van der Waals surface area contributed by atoms with Crippen LogP contribution in [0.15, 0.2) is 0 Å². The van der Waals surface area contributed by atoms with E-state index in [1.165, 1.54) is 0 Å². The first-order valence-electron chi connectivity index (χ1n) is 2.13. The smallest absolute Gasteiger partial charge is 0.284 e. The Labute approximate surface area is 127 Å². The molecule has 0 aliphatic rings. The first-order valence-corrected chi connectivity index (χ1v) is 6.38. The topological polar surface area (TPSA) is 230 Å². The van der Waals surface area contributed by atoms with Crippen molar-refractivity contribution in [2.75, 3.05) is 0 Å². The van der Waals surface area contributed by atoms with Gasteiger partial charge in [0.25, 0.3) is 45.4 Å². The summed E-state index contributed by atoms with van der Waals surface area (Å²) in [5.41, 5.74) is 0. The fraction of sp³-hybridized carbons (Fsp3) is 0. The van der Waals surface area contributed by atoms with Crippen molar-refractivity contribution in [1.82, 2.24) is 0 Å². The molecule has 0 saturated heterocycles. The van der Waals surface area contributed by atoms with Crippen LogP contribution < -0.4 is 0 Å². The fourth-order valence-corrected chi connectivity index (χ4v) is 0. The molecule has 0 heterocycles. The van der Waals surface area contributed by atoms with Crippen molar-refractivity contribution < 1.29 is 53.3 Å². The Morgan fingerprint density at radius 1 is 0.412 bits per heavy atom. The van der Waals surface area contributed by atoms with Crippen LogP contribution >= 0.6 is 0 Å². The zero-order chi connectivity index (χ0) is 14.3. The average molecular weight is 351 g/mol. The summed E-state index contributed by atoms with van der Waals surface area (Å²) in [6.07, 6.45) is 0. The number of hydrogen-bond donors (Lipinski definition) is 8. The predicted molar refractivity (Wildman–Crippen MR) is 59.4 cm³/mol. The van der Waals surface area contributed by atoms with Crippen molar-refractivity contribution in [3.63, 3.8) is 0 Å². The monoisotopic (exact) mass is 351 g/mol. The molecule has 0 atom stereocenters. The van der Waals surface area contributed by atoms with Crippen molar-refractivity contribution >= 4 is 75.0 Å². The quantitative estimate of drug-likeness (QED) is 0.181. The maximum absolute atomic E-state index is 8.67. The summed E-state index contributed by atoms with van der Waals surface area (Å²) in [6.45, 7) is 0. The van der Waals surface area contributed by atoms with Crippen LogP contribution in [0, 0.1) is 0 Å². The molecule has 0 aromatic heterocycles. The van der Waals surface area contributed by atoms with Gasteiger partial charge in [-0.3, -0.25) is 36.4 Å². The molecule has 1 radical (unpaired) electrons. The van der Waals surface area contributed by atoms with Gasteiger partial charge in [0.15, 0.2) is 0 Å². The summed E-state index contributed by atoms with van der Waals surface area (Å²) in [6, 6.07) is 0. The molecule has 8 N–H and O–H groups in total. The summed E-state index contributed by atoms with van der Waals surface area (Å²) in [5.74, 6) is 0. The third-order valence-electron chi connectivity index (χ3n) is 0. The first kappa shape index (κ1) is 31.0. The third kappa shape index (κ3) is 2460. The molecular formula is H8NaO12S4. The molecule has 0 saturated carbocycles. The molecule has 17 heteroatoms. The Kier molecular flexibility index (Phi) is 47.3. The molecule has 0 aliphatic carbocycles. The molecule has 105 valence electrons. The van der Waals surface area contributed by atoms with Crippen LogP contribution in [0.3, 0.4) is 0 Å². The molecule has 0 unspecified atom stereocenters. The van der Waals surface area contributed by atoms with E-state index in [0.29, 0.717) is 0 Å². The second kappa shape index (κ2) is 26.0. The minimum atomic E-state index is -2.61. The standard InChI is InChI=1S/Na.4H2O3S/c;4*1-4(2)3/h;4*(H2,1,2,3). The predicted octanol–water partition coefficient (Wildman–Crippen LogP) is -1.66. The minimum absolute atomic E-state index is 0. The van der Waals surface area contributed by atoms with Crippen molar-refractivity contribution in [1.29, 1.82) is 0 Å². The number of hydrogen-bond acceptors (Lipinski definition) is 4. The largest absolute Gasteiger partial charge is 0.299 e. The summed E-state index contributed by atoms with van der Waals surface area (Å²) in [5, 5.41) is 0. The van der Waals surface area contributed by atoms with E-state index in [-0.39, 0.29) is 29.6 Å². The van der Waals surface area contributed by atoms with E-state index in [2.05, 4.69) is 0 Å². The van der Waals surface area contributed by atoms with Gasteiger partial charge in [0, 0.05) is 29.6 Å². The van der Waals surface area contributed by atoms with Gasteiger partial charge >= 0.3 is 0 Å². The van der Waals surface area contributed by atoms with Gasteiger partial charge in [-0.1, -0.05) is 0 Å². The Bertz CT molecular complexity index is 159. The molecular weight excluding hydrogens is 343 g/mol. The van der Waals surface area contributed by atoms with E-state index in [1.807, 2.05) is 0 Å². The second-order valence-electron chi connectivity index (χ2n) is 0.923. The maximum atomic E-state index is 8.67. The molecule has 0 amide bonds. The van der Waals surface area contributed by atoms with Gasteiger partial charge in [0.05, 0.1) is 0 Å². The summed E-state index contributed by atoms with van der Waals surface area (Å²) >= 11 is -10.4. The molecule has 0 aliphatic heterocycles. The Balaban J connectivity index is -0.0000000369. The van der Waals surface area contributed by atoms with Crippen molar-refractivity contribution in [3.8, 4) is 0 Å². The van der Waals surface area contributed by atoms with E-state index in [0.717, 1.165) is 0 Å². The van der Waals surface area contributed by atoms with Gasteiger partial charge in [0.2, 0.25) is 0 Å². The van der Waals surface area contributed by atoms with E-state index in [9.17, 15) is 0 Å². The minimum Gasteiger partial charge on any atom is -0.284 e. The van der Waals surface area contributed by atoms with Crippen molar-refractivity contribution in [2.45, 2.75) is 0 Å². The molecule has 0 bridgehead atoms. The molecule has 0 aromatic rings. The van der Waals surface area contributed by atoms with E-state index in [1.54, 1.807) is 0 Å². The van der Waals surface area contributed by atoms with Crippen LogP contribution in [0.1, 0.15) is 0 Å². The average Bonchev–Trinajstić information content (AvgIpc) is 1.76. The Hall–Kier alpha value is 1.28. The Morgan fingerprint density at radius 3 is 0.412 bits per heavy atom. The van der Waals surface area contributed by atoms with Crippen LogP contribution in [0.25, 0.3) is 0 Å². The molecule has 0 aromatic carbocycles. The van der Waals surface area contributed by atoms with Crippen molar-refractivity contribution in [2.24, 2.45) is 0 Å². The zero-order valence-electron chi connectivity index (χ0n) is 7.84. The molecule has 0 fully saturated rings. The third-order valence-corrected chi connectivity index (χ3v) is 0. The van der Waals surface area contributed by atoms with Gasteiger partial charge in [-0.25, -0.2) is 0 Å². The van der Waals surface area contributed by atoms with Gasteiger partial charge in [-0.2, -0.15) is 16.8 Å². The van der Waals surface area contributed by atoms with Gasteiger partial charge in [-0.15, -0.1) is 0 Å². The van der Waals surface area contributed by atoms with Crippen LogP contribution in [0.2, 0.25) is 0 Å². The van der Waals surface area contributed by atoms with E-state index >= 15 is 0 Å². The molecule has 0 rings (SSSR count). The fourth-order valence-electron chi connectivity index (χ4n) is 0. The van der Waals surface area contributed by atoms with Crippen LogP contribution in [0.5, 0.6) is 0 Å². The second-order valence-corrected chi connectivity index (χ2v) is 2.77. The normalized spacial score (nSPS) is 8.24. The summed E-state index contributed by atoms with van der Waals surface area (Å²) in [7, 11) is 0. The first-order chi connectivity index (χ1) is 6.93. The summed E-state index contributed by atoms with van der Waals surface area (Å²) in [4.78, 5) is 0. The Morgan fingerprint density at radius 2 is 0.412 bits per heavy atom. The van der Waals surface area contributed by atoms with Gasteiger partial charge in [0.1, 0.15) is 0 Å². The molecule has 12 nitrogen and oxygen atoms in total. The van der Waals surface area contributed by atoms with E-state index in [4.69, 9.17) is 53.3 Å². The van der Waals surface area contributed by atoms with E-state index < -0.39 is 45.4 Å². The van der Waals surface area contributed by atoms with Crippen LogP contribution in [-0.4, -0.2) is 82.8 Å². The SMILES string of the molecule is O=S(O)O.O=S(O)O.O=S(O)O.O=S(O)O.[Na]. The van der Waals surface area contributed by atoms with Crippen molar-refractivity contribution in [3.05, 3.63) is 0 Å². The van der Waals surface area contributed by atoms with Crippen LogP contribution in [-0.2, 0) is 45.4 Å². The summed E-state index contributed by atoms with van der Waals surface area (Å²) < 4.78 is 91.3. The van der Waals surface area contributed by atoms with Gasteiger partial charge < -0.3 is 0 Å². The number of rotatable bonds is 0. The maximum Gasteiger partial charge on any atom is 0.299 e. The zero-order valence-corrected chi connectivity index (χ0v) is 13.1. The van der Waals surface area contributed by atoms with Crippen LogP contribution in [0.4, 0.5) is 0 Å². The molecule has 0 spiro atoms. The van der Waals surface area contributed by atoms with Gasteiger partial charge in [-0.05, 0) is 0 Å². The molecule has 17 heavy (non-hydrogen) atoms.